The van der Waals surface area contributed by atoms with Crippen molar-refractivity contribution in [2.45, 2.75) is 26.7 Å². The Kier molecular flexibility index (Phi) is 2.40. The zero-order valence-corrected chi connectivity index (χ0v) is 7.94. The lowest BCUT2D eigenvalue weighted by molar-refractivity contribution is -0.146. The van der Waals surface area contributed by atoms with Gasteiger partial charge in [0.25, 0.3) is 0 Å². The molecule has 0 aromatic carbocycles. The Morgan fingerprint density at radius 2 is 1.54 bits per heavy atom. The van der Waals surface area contributed by atoms with Crippen LogP contribution in [-0.2, 0) is 9.59 Å². The number of hydrogen-bond acceptors (Lipinski definition) is 2. The van der Waals surface area contributed by atoms with Crippen molar-refractivity contribution in [3.63, 3.8) is 0 Å². The third kappa shape index (κ3) is 1.32. The van der Waals surface area contributed by atoms with E-state index in [9.17, 15) is 9.59 Å². The molecular formula is C9H14N2O2. The molecule has 0 atom stereocenters. The molecule has 0 saturated carbocycles. The Labute approximate surface area is 77.4 Å². The van der Waals surface area contributed by atoms with Gasteiger partial charge in [0.2, 0.25) is 11.8 Å². The molecule has 0 unspecified atom stereocenters. The standard InChI is InChI=1S/C9H14N2O2/c1-4-9(5-2)7(12)10-6(3)11-8(9)13/h3-5H2,1-2H3,(H,10,12)(H,11,13). The summed E-state index contributed by atoms with van der Waals surface area (Å²) in [6.07, 6.45) is 1.02. The van der Waals surface area contributed by atoms with Gasteiger partial charge in [-0.25, -0.2) is 0 Å². The smallest absolute Gasteiger partial charge is 0.241 e. The first-order valence-corrected chi connectivity index (χ1v) is 4.38. The van der Waals surface area contributed by atoms with E-state index in [4.69, 9.17) is 0 Å². The molecule has 0 radical (unpaired) electrons. The molecule has 1 saturated heterocycles. The topological polar surface area (TPSA) is 58.2 Å². The number of rotatable bonds is 2. The molecule has 2 amide bonds. The molecule has 0 bridgehead atoms. The first-order valence-electron chi connectivity index (χ1n) is 4.38. The van der Waals surface area contributed by atoms with Crippen LogP contribution in [0.3, 0.4) is 0 Å². The minimum absolute atomic E-state index is 0.244. The summed E-state index contributed by atoms with van der Waals surface area (Å²) in [4.78, 5) is 23.1. The highest BCUT2D eigenvalue weighted by Gasteiger charge is 2.45. The molecule has 1 rings (SSSR count). The summed E-state index contributed by atoms with van der Waals surface area (Å²) in [6, 6.07) is 0. The summed E-state index contributed by atoms with van der Waals surface area (Å²) in [5, 5.41) is 5.07. The SMILES string of the molecule is C=C1NC(=O)C(CC)(CC)C(=O)N1. The summed E-state index contributed by atoms with van der Waals surface area (Å²) in [5.41, 5.74) is -0.902. The second kappa shape index (κ2) is 3.20. The number of nitrogens with one attached hydrogen (secondary N) is 2. The van der Waals surface area contributed by atoms with Gasteiger partial charge in [-0.3, -0.25) is 9.59 Å². The molecule has 72 valence electrons. The minimum Gasteiger partial charge on any atom is -0.312 e. The fourth-order valence-corrected chi connectivity index (χ4v) is 1.54. The average molecular weight is 182 g/mol. The maximum atomic E-state index is 11.6. The lowest BCUT2D eigenvalue weighted by Gasteiger charge is -2.33. The highest BCUT2D eigenvalue weighted by atomic mass is 16.2. The number of amides is 2. The molecule has 4 nitrogen and oxygen atoms in total. The van der Waals surface area contributed by atoms with Crippen molar-refractivity contribution in [1.82, 2.24) is 10.6 Å². The van der Waals surface area contributed by atoms with Crippen molar-refractivity contribution in [2.75, 3.05) is 0 Å². The Morgan fingerprint density at radius 3 is 1.85 bits per heavy atom. The predicted molar refractivity (Wildman–Crippen MR) is 48.4 cm³/mol. The van der Waals surface area contributed by atoms with Crippen LogP contribution in [0.4, 0.5) is 0 Å². The Bertz CT molecular complexity index is 245. The Hall–Kier alpha value is -1.32. The summed E-state index contributed by atoms with van der Waals surface area (Å²) >= 11 is 0. The molecule has 1 aliphatic rings. The normalized spacial score (nSPS) is 20.9. The van der Waals surface area contributed by atoms with Crippen molar-refractivity contribution < 1.29 is 9.59 Å². The summed E-state index contributed by atoms with van der Waals surface area (Å²) in [5.74, 6) is -0.218. The number of carbonyl (C=O) groups is 2. The molecule has 4 heteroatoms. The van der Waals surface area contributed by atoms with E-state index in [-0.39, 0.29) is 17.6 Å². The molecule has 0 aromatic heterocycles. The van der Waals surface area contributed by atoms with Crippen molar-refractivity contribution >= 4 is 11.8 Å². The van der Waals surface area contributed by atoms with Crippen molar-refractivity contribution in [3.05, 3.63) is 12.4 Å². The van der Waals surface area contributed by atoms with Crippen LogP contribution in [-0.4, -0.2) is 11.8 Å². The molecular weight excluding hydrogens is 168 g/mol. The lowest BCUT2D eigenvalue weighted by Crippen LogP contribution is -2.57. The fourth-order valence-electron chi connectivity index (χ4n) is 1.54. The second-order valence-corrected chi connectivity index (χ2v) is 3.18. The minimum atomic E-state index is -0.902. The fraction of sp³-hybridized carbons (Fsp3) is 0.556. The van der Waals surface area contributed by atoms with E-state index in [0.29, 0.717) is 12.8 Å². The monoisotopic (exact) mass is 182 g/mol. The Morgan fingerprint density at radius 1 is 1.15 bits per heavy atom. The van der Waals surface area contributed by atoms with E-state index in [1.165, 1.54) is 0 Å². The Balaban J connectivity index is 3.01. The van der Waals surface area contributed by atoms with E-state index < -0.39 is 5.41 Å². The van der Waals surface area contributed by atoms with Crippen LogP contribution in [0.25, 0.3) is 0 Å². The van der Waals surface area contributed by atoms with Gasteiger partial charge in [0, 0.05) is 0 Å². The van der Waals surface area contributed by atoms with Gasteiger partial charge in [0.1, 0.15) is 11.2 Å². The summed E-state index contributed by atoms with van der Waals surface area (Å²) in [7, 11) is 0. The molecule has 13 heavy (non-hydrogen) atoms. The van der Waals surface area contributed by atoms with Gasteiger partial charge in [0.15, 0.2) is 0 Å². The van der Waals surface area contributed by atoms with Crippen LogP contribution in [0.15, 0.2) is 12.4 Å². The number of hydrogen-bond donors (Lipinski definition) is 2. The maximum Gasteiger partial charge on any atom is 0.241 e. The second-order valence-electron chi connectivity index (χ2n) is 3.18. The van der Waals surface area contributed by atoms with Gasteiger partial charge in [-0.15, -0.1) is 0 Å². The van der Waals surface area contributed by atoms with Gasteiger partial charge in [-0.1, -0.05) is 20.4 Å². The van der Waals surface area contributed by atoms with Gasteiger partial charge >= 0.3 is 0 Å². The van der Waals surface area contributed by atoms with E-state index in [1.807, 2.05) is 13.8 Å². The van der Waals surface area contributed by atoms with Crippen LogP contribution >= 0.6 is 0 Å². The van der Waals surface area contributed by atoms with Crippen LogP contribution in [0.2, 0.25) is 0 Å². The van der Waals surface area contributed by atoms with E-state index >= 15 is 0 Å². The van der Waals surface area contributed by atoms with Crippen molar-refractivity contribution in [1.29, 1.82) is 0 Å². The van der Waals surface area contributed by atoms with Gasteiger partial charge in [-0.2, -0.15) is 0 Å². The first kappa shape index (κ1) is 9.77. The third-order valence-corrected chi connectivity index (χ3v) is 2.61. The summed E-state index contributed by atoms with van der Waals surface area (Å²) < 4.78 is 0. The molecule has 0 aromatic rings. The summed E-state index contributed by atoms with van der Waals surface area (Å²) in [6.45, 7) is 7.15. The van der Waals surface area contributed by atoms with Gasteiger partial charge in [0.05, 0.1) is 0 Å². The molecule has 0 aliphatic carbocycles. The van der Waals surface area contributed by atoms with Crippen molar-refractivity contribution in [2.24, 2.45) is 5.41 Å². The highest BCUT2D eigenvalue weighted by Crippen LogP contribution is 2.29. The van der Waals surface area contributed by atoms with E-state index in [2.05, 4.69) is 17.2 Å². The average Bonchev–Trinajstić information content (AvgIpc) is 2.05. The van der Waals surface area contributed by atoms with Crippen LogP contribution < -0.4 is 10.6 Å². The zero-order chi connectivity index (χ0) is 10.1. The van der Waals surface area contributed by atoms with E-state index in [1.54, 1.807) is 0 Å². The quantitative estimate of drug-likeness (QED) is 0.611. The van der Waals surface area contributed by atoms with E-state index in [0.717, 1.165) is 0 Å². The van der Waals surface area contributed by atoms with Crippen LogP contribution in [0.5, 0.6) is 0 Å². The highest BCUT2D eigenvalue weighted by molar-refractivity contribution is 6.08. The molecule has 0 spiro atoms. The zero-order valence-electron chi connectivity index (χ0n) is 7.94. The molecule has 1 fully saturated rings. The molecule has 1 heterocycles. The lowest BCUT2D eigenvalue weighted by atomic mass is 9.79. The van der Waals surface area contributed by atoms with Crippen LogP contribution in [0, 0.1) is 5.41 Å². The molecule has 2 N–H and O–H groups in total. The maximum absolute atomic E-state index is 11.6. The predicted octanol–water partition coefficient (Wildman–Crippen LogP) is 0.510. The van der Waals surface area contributed by atoms with Crippen LogP contribution in [0.1, 0.15) is 26.7 Å². The van der Waals surface area contributed by atoms with Gasteiger partial charge in [-0.05, 0) is 12.8 Å². The third-order valence-electron chi connectivity index (χ3n) is 2.61. The largest absolute Gasteiger partial charge is 0.312 e. The van der Waals surface area contributed by atoms with Crippen molar-refractivity contribution in [3.8, 4) is 0 Å². The molecule has 1 aliphatic heterocycles. The first-order chi connectivity index (χ1) is 6.06. The van der Waals surface area contributed by atoms with Gasteiger partial charge < -0.3 is 10.6 Å². The number of carbonyl (C=O) groups excluding carboxylic acids is 2.